The van der Waals surface area contributed by atoms with Gasteiger partial charge in [0.2, 0.25) is 0 Å². The molecule has 1 saturated heterocycles. The van der Waals surface area contributed by atoms with E-state index in [0.29, 0.717) is 19.6 Å². The van der Waals surface area contributed by atoms with E-state index in [1.165, 1.54) is 0 Å². The van der Waals surface area contributed by atoms with Crippen molar-refractivity contribution in [2.24, 2.45) is 5.92 Å². The fraction of sp³-hybridized carbons (Fsp3) is 0.875. The maximum absolute atomic E-state index is 11.3. The fourth-order valence-electron chi connectivity index (χ4n) is 1.05. The van der Waals surface area contributed by atoms with E-state index in [-0.39, 0.29) is 24.2 Å². The fourth-order valence-corrected chi connectivity index (χ4v) is 2.02. The minimum absolute atomic E-state index is 0.204. The highest BCUT2D eigenvalue weighted by atomic mass is 32.2. The van der Waals surface area contributed by atoms with Crippen LogP contribution in [0.1, 0.15) is 6.42 Å². The molecule has 0 saturated carbocycles. The molecular weight excluding hydrogens is 208 g/mol. The summed E-state index contributed by atoms with van der Waals surface area (Å²) >= 11 is -1.31. The van der Waals surface area contributed by atoms with Gasteiger partial charge in [0.15, 0.2) is 11.1 Å². The second-order valence-corrected chi connectivity index (χ2v) is 4.14. The van der Waals surface area contributed by atoms with E-state index in [2.05, 4.69) is 0 Å². The molecule has 1 rings (SSSR count). The summed E-state index contributed by atoms with van der Waals surface area (Å²) < 4.78 is 25.3. The number of methoxy groups -OCH3 is 1. The molecule has 1 heterocycles. The van der Waals surface area contributed by atoms with Crippen LogP contribution in [-0.2, 0) is 29.5 Å². The zero-order valence-corrected chi connectivity index (χ0v) is 8.88. The molecule has 14 heavy (non-hydrogen) atoms. The first kappa shape index (κ1) is 11.6. The van der Waals surface area contributed by atoms with Crippen LogP contribution in [0.5, 0.6) is 0 Å². The van der Waals surface area contributed by atoms with Gasteiger partial charge in [0.1, 0.15) is 0 Å². The molecule has 1 aliphatic rings. The number of hydrogen-bond acceptors (Lipinski definition) is 5. The Hall–Kier alpha value is -0.460. The topological polar surface area (TPSA) is 61.8 Å². The monoisotopic (exact) mass is 222 g/mol. The third kappa shape index (κ3) is 3.73. The average molecular weight is 222 g/mol. The lowest BCUT2D eigenvalue weighted by molar-refractivity contribution is -0.148. The highest BCUT2D eigenvalue weighted by Gasteiger charge is 2.29. The van der Waals surface area contributed by atoms with Gasteiger partial charge in [-0.05, 0) is 0 Å². The Morgan fingerprint density at radius 1 is 1.57 bits per heavy atom. The molecule has 0 N–H and O–H groups in total. The summed E-state index contributed by atoms with van der Waals surface area (Å²) in [6, 6.07) is 0. The summed E-state index contributed by atoms with van der Waals surface area (Å²) in [6.45, 7) is 1.12. The Balaban J connectivity index is 2.12. The van der Waals surface area contributed by atoms with Crippen molar-refractivity contribution >= 4 is 17.0 Å². The first-order valence-electron chi connectivity index (χ1n) is 4.41. The highest BCUT2D eigenvalue weighted by Crippen LogP contribution is 2.12. The summed E-state index contributed by atoms with van der Waals surface area (Å²) in [7, 11) is 1.59. The van der Waals surface area contributed by atoms with Gasteiger partial charge in [-0.2, -0.15) is 0 Å². The molecule has 0 aliphatic carbocycles. The summed E-state index contributed by atoms with van der Waals surface area (Å²) in [6.07, 6.45) is 0.679. The SMILES string of the molecule is COCCCOC(=O)C1COS(=O)C1. The first-order chi connectivity index (χ1) is 6.74. The minimum Gasteiger partial charge on any atom is -0.465 e. The van der Waals surface area contributed by atoms with Crippen molar-refractivity contribution in [3.8, 4) is 0 Å². The van der Waals surface area contributed by atoms with Gasteiger partial charge in [0.25, 0.3) is 0 Å². The van der Waals surface area contributed by atoms with Crippen molar-refractivity contribution in [3.05, 3.63) is 0 Å². The lowest BCUT2D eigenvalue weighted by Crippen LogP contribution is -2.21. The lowest BCUT2D eigenvalue weighted by atomic mass is 10.2. The van der Waals surface area contributed by atoms with Crippen LogP contribution in [0.15, 0.2) is 0 Å². The van der Waals surface area contributed by atoms with E-state index >= 15 is 0 Å². The molecule has 0 aromatic rings. The van der Waals surface area contributed by atoms with Gasteiger partial charge in [-0.1, -0.05) is 0 Å². The first-order valence-corrected chi connectivity index (χ1v) is 5.65. The van der Waals surface area contributed by atoms with Gasteiger partial charge in [-0.15, -0.1) is 0 Å². The van der Waals surface area contributed by atoms with Crippen LogP contribution in [0.2, 0.25) is 0 Å². The summed E-state index contributed by atoms with van der Waals surface area (Å²) in [5, 5.41) is 0. The quantitative estimate of drug-likeness (QED) is 0.479. The smallest absolute Gasteiger partial charge is 0.312 e. The van der Waals surface area contributed by atoms with Crippen LogP contribution in [-0.4, -0.2) is 42.9 Å². The Morgan fingerprint density at radius 2 is 2.36 bits per heavy atom. The number of carbonyl (C=O) groups excluding carboxylic acids is 1. The molecule has 0 aromatic carbocycles. The molecule has 0 bridgehead atoms. The second kappa shape index (κ2) is 6.10. The normalized spacial score (nSPS) is 26.4. The second-order valence-electron chi connectivity index (χ2n) is 2.97. The number of hydrogen-bond donors (Lipinski definition) is 0. The molecule has 82 valence electrons. The van der Waals surface area contributed by atoms with Crippen LogP contribution in [0.4, 0.5) is 0 Å². The van der Waals surface area contributed by atoms with Crippen molar-refractivity contribution in [1.29, 1.82) is 0 Å². The number of rotatable bonds is 5. The Bertz CT molecular complexity index is 218. The molecule has 1 aliphatic heterocycles. The molecule has 5 nitrogen and oxygen atoms in total. The van der Waals surface area contributed by atoms with E-state index in [1.54, 1.807) is 7.11 Å². The predicted molar refractivity (Wildman–Crippen MR) is 49.9 cm³/mol. The van der Waals surface area contributed by atoms with Crippen molar-refractivity contribution in [1.82, 2.24) is 0 Å². The van der Waals surface area contributed by atoms with E-state index in [0.717, 1.165) is 0 Å². The van der Waals surface area contributed by atoms with Crippen LogP contribution in [0.3, 0.4) is 0 Å². The minimum atomic E-state index is -1.31. The highest BCUT2D eigenvalue weighted by molar-refractivity contribution is 7.80. The Morgan fingerprint density at radius 3 is 2.93 bits per heavy atom. The maximum Gasteiger partial charge on any atom is 0.312 e. The van der Waals surface area contributed by atoms with Crippen molar-refractivity contribution in [3.63, 3.8) is 0 Å². The van der Waals surface area contributed by atoms with Gasteiger partial charge < -0.3 is 9.47 Å². The van der Waals surface area contributed by atoms with E-state index in [4.69, 9.17) is 13.7 Å². The molecule has 0 aromatic heterocycles. The molecule has 2 atom stereocenters. The number of esters is 1. The van der Waals surface area contributed by atoms with Crippen molar-refractivity contribution in [2.45, 2.75) is 6.42 Å². The molecule has 6 heteroatoms. The van der Waals surface area contributed by atoms with Crippen LogP contribution < -0.4 is 0 Å². The molecule has 0 spiro atoms. The number of ether oxygens (including phenoxy) is 2. The van der Waals surface area contributed by atoms with Gasteiger partial charge in [-0.3, -0.25) is 8.98 Å². The third-order valence-corrected chi connectivity index (χ3v) is 2.88. The van der Waals surface area contributed by atoms with E-state index in [1.807, 2.05) is 0 Å². The van der Waals surface area contributed by atoms with Crippen LogP contribution in [0, 0.1) is 5.92 Å². The van der Waals surface area contributed by atoms with Gasteiger partial charge in [-0.25, -0.2) is 4.21 Å². The zero-order valence-electron chi connectivity index (χ0n) is 8.06. The standard InChI is InChI=1S/C8H14O5S/c1-11-3-2-4-12-8(9)7-5-13-14(10)6-7/h7H,2-6H2,1H3. The number of carbonyl (C=O) groups is 1. The summed E-state index contributed by atoms with van der Waals surface area (Å²) in [4.78, 5) is 11.3. The van der Waals surface area contributed by atoms with Crippen molar-refractivity contribution < 1.29 is 22.7 Å². The largest absolute Gasteiger partial charge is 0.465 e. The molecule has 2 unspecified atom stereocenters. The summed E-state index contributed by atoms with van der Waals surface area (Å²) in [5.41, 5.74) is 0. The molecule has 0 radical (unpaired) electrons. The average Bonchev–Trinajstić information content (AvgIpc) is 2.59. The summed E-state index contributed by atoms with van der Waals surface area (Å²) in [5.74, 6) is -0.436. The van der Waals surface area contributed by atoms with Gasteiger partial charge in [0.05, 0.1) is 24.9 Å². The van der Waals surface area contributed by atoms with Crippen molar-refractivity contribution in [2.75, 3.05) is 32.7 Å². The lowest BCUT2D eigenvalue weighted by Gasteiger charge is -2.06. The van der Waals surface area contributed by atoms with Gasteiger partial charge >= 0.3 is 5.97 Å². The van der Waals surface area contributed by atoms with E-state index < -0.39 is 11.1 Å². The zero-order chi connectivity index (χ0) is 10.4. The Kier molecular flexibility index (Phi) is 5.06. The van der Waals surface area contributed by atoms with Crippen LogP contribution in [0.25, 0.3) is 0 Å². The maximum atomic E-state index is 11.3. The predicted octanol–water partition coefficient (Wildman–Crippen LogP) is -0.124. The Labute approximate surface area is 85.4 Å². The van der Waals surface area contributed by atoms with E-state index in [9.17, 15) is 9.00 Å². The van der Waals surface area contributed by atoms with Gasteiger partial charge in [0, 0.05) is 20.1 Å². The molecule has 0 amide bonds. The van der Waals surface area contributed by atoms with Crippen LogP contribution >= 0.6 is 0 Å². The third-order valence-electron chi connectivity index (χ3n) is 1.81. The molecule has 1 fully saturated rings. The molecular formula is C8H14O5S.